The van der Waals surface area contributed by atoms with Gasteiger partial charge in [-0.1, -0.05) is 13.0 Å². The maximum absolute atomic E-state index is 12.1. The van der Waals surface area contributed by atoms with Crippen molar-refractivity contribution in [3.05, 3.63) is 36.4 Å². The third-order valence-electron chi connectivity index (χ3n) is 4.03. The van der Waals surface area contributed by atoms with E-state index < -0.39 is 5.41 Å². The number of hydrogen-bond acceptors (Lipinski definition) is 4. The molecule has 2 rings (SSSR count). The van der Waals surface area contributed by atoms with E-state index in [0.717, 1.165) is 24.9 Å². The molecule has 1 saturated carbocycles. The van der Waals surface area contributed by atoms with Gasteiger partial charge in [0.15, 0.2) is 0 Å². The quantitative estimate of drug-likeness (QED) is 0.459. The number of hydrogen-bond donors (Lipinski definition) is 0. The molecule has 1 aliphatic rings. The fourth-order valence-corrected chi connectivity index (χ4v) is 2.60. The molecule has 0 amide bonds. The number of aldehydes is 1. The number of rotatable bonds is 6. The average Bonchev–Trinajstić information content (AvgIpc) is 2.53. The van der Waals surface area contributed by atoms with E-state index in [2.05, 4.69) is 6.58 Å². The van der Waals surface area contributed by atoms with Gasteiger partial charge in [0, 0.05) is 6.42 Å². The van der Waals surface area contributed by atoms with Crippen molar-refractivity contribution in [2.75, 3.05) is 13.7 Å². The molecular weight excluding hydrogens is 268 g/mol. The molecule has 112 valence electrons. The topological polar surface area (TPSA) is 52.6 Å². The van der Waals surface area contributed by atoms with Gasteiger partial charge in [-0.05, 0) is 42.7 Å². The second-order valence-corrected chi connectivity index (χ2v) is 5.29. The van der Waals surface area contributed by atoms with Gasteiger partial charge in [0.25, 0.3) is 0 Å². The Morgan fingerprint density at radius 1 is 1.29 bits per heavy atom. The van der Waals surface area contributed by atoms with E-state index in [0.29, 0.717) is 24.2 Å². The van der Waals surface area contributed by atoms with Crippen LogP contribution in [0.5, 0.6) is 11.5 Å². The maximum atomic E-state index is 12.1. The van der Waals surface area contributed by atoms with Gasteiger partial charge in [0.2, 0.25) is 0 Å². The minimum absolute atomic E-state index is 0.0351. The number of Topliss-reactive ketones (excluding diaryl/α,β-unsaturated/α-hetero) is 1. The fraction of sp³-hybridized carbons (Fsp3) is 0.412. The lowest BCUT2D eigenvalue weighted by Crippen LogP contribution is -2.39. The molecule has 1 aromatic rings. The lowest BCUT2D eigenvalue weighted by atomic mass is 9.70. The third-order valence-corrected chi connectivity index (χ3v) is 4.03. The van der Waals surface area contributed by atoms with Crippen LogP contribution in [-0.4, -0.2) is 25.8 Å². The summed E-state index contributed by atoms with van der Waals surface area (Å²) in [6, 6.07) is 7.14. The number of benzene rings is 1. The average molecular weight is 288 g/mol. The highest BCUT2D eigenvalue weighted by Crippen LogP contribution is 2.37. The Labute approximate surface area is 124 Å². The zero-order valence-corrected chi connectivity index (χ0v) is 12.3. The molecule has 1 aromatic carbocycles. The minimum Gasteiger partial charge on any atom is -0.497 e. The minimum atomic E-state index is -1.05. The molecule has 4 nitrogen and oxygen atoms in total. The summed E-state index contributed by atoms with van der Waals surface area (Å²) in [6.07, 6.45) is 3.45. The number of methoxy groups -OCH3 is 1. The molecule has 0 spiro atoms. The van der Waals surface area contributed by atoms with E-state index >= 15 is 0 Å². The predicted octanol–water partition coefficient (Wildman–Crippen LogP) is 2.96. The fourth-order valence-electron chi connectivity index (χ4n) is 2.60. The Balaban J connectivity index is 2.02. The Morgan fingerprint density at radius 3 is 2.52 bits per heavy atom. The van der Waals surface area contributed by atoms with Gasteiger partial charge in [-0.25, -0.2) is 0 Å². The number of carbonyl (C=O) groups is 2. The Morgan fingerprint density at radius 2 is 1.95 bits per heavy atom. The smallest absolute Gasteiger partial charge is 0.150 e. The molecule has 1 unspecified atom stereocenters. The van der Waals surface area contributed by atoms with Gasteiger partial charge in [0.1, 0.15) is 35.6 Å². The molecule has 1 fully saturated rings. The van der Waals surface area contributed by atoms with Crippen molar-refractivity contribution in [2.45, 2.75) is 25.7 Å². The van der Waals surface area contributed by atoms with E-state index in [-0.39, 0.29) is 12.4 Å². The standard InChI is InChI=1S/C17H20O4/c1-13(17(12-18)10-4-3-5-16(17)19)11-21-15-8-6-14(20-2)7-9-15/h6-9,12H,1,3-5,10-11H2,2H3. The first-order valence-corrected chi connectivity index (χ1v) is 7.07. The van der Waals surface area contributed by atoms with E-state index in [9.17, 15) is 9.59 Å². The second-order valence-electron chi connectivity index (χ2n) is 5.29. The van der Waals surface area contributed by atoms with Gasteiger partial charge < -0.3 is 14.3 Å². The van der Waals surface area contributed by atoms with Crippen molar-refractivity contribution in [1.29, 1.82) is 0 Å². The van der Waals surface area contributed by atoms with Crippen LogP contribution >= 0.6 is 0 Å². The molecule has 1 aliphatic carbocycles. The Kier molecular flexibility index (Phi) is 4.78. The summed E-state index contributed by atoms with van der Waals surface area (Å²) in [5.41, 5.74) is -0.511. The summed E-state index contributed by atoms with van der Waals surface area (Å²) in [7, 11) is 1.60. The zero-order valence-electron chi connectivity index (χ0n) is 12.3. The van der Waals surface area contributed by atoms with Crippen molar-refractivity contribution < 1.29 is 19.1 Å². The van der Waals surface area contributed by atoms with Crippen LogP contribution in [0.25, 0.3) is 0 Å². The van der Waals surface area contributed by atoms with E-state index in [1.54, 1.807) is 31.4 Å². The van der Waals surface area contributed by atoms with Gasteiger partial charge in [-0.3, -0.25) is 4.79 Å². The van der Waals surface area contributed by atoms with Crippen molar-refractivity contribution >= 4 is 12.1 Å². The maximum Gasteiger partial charge on any atom is 0.150 e. The highest BCUT2D eigenvalue weighted by atomic mass is 16.5. The van der Waals surface area contributed by atoms with Crippen LogP contribution in [-0.2, 0) is 9.59 Å². The van der Waals surface area contributed by atoms with Gasteiger partial charge in [-0.15, -0.1) is 0 Å². The molecule has 0 bridgehead atoms. The Bertz CT molecular complexity index is 532. The molecule has 1 atom stereocenters. The number of ether oxygens (including phenoxy) is 2. The molecule has 0 N–H and O–H groups in total. The van der Waals surface area contributed by atoms with E-state index in [1.165, 1.54) is 0 Å². The van der Waals surface area contributed by atoms with Crippen LogP contribution in [0, 0.1) is 5.41 Å². The van der Waals surface area contributed by atoms with Crippen molar-refractivity contribution in [3.63, 3.8) is 0 Å². The zero-order chi connectivity index (χ0) is 15.3. The van der Waals surface area contributed by atoms with Crippen LogP contribution in [0.1, 0.15) is 25.7 Å². The van der Waals surface area contributed by atoms with Crippen molar-refractivity contribution in [3.8, 4) is 11.5 Å². The van der Waals surface area contributed by atoms with Crippen LogP contribution in [0.2, 0.25) is 0 Å². The third kappa shape index (κ3) is 3.15. The monoisotopic (exact) mass is 288 g/mol. The molecule has 0 saturated heterocycles. The second kappa shape index (κ2) is 6.57. The summed E-state index contributed by atoms with van der Waals surface area (Å²) in [5, 5.41) is 0. The molecule has 21 heavy (non-hydrogen) atoms. The van der Waals surface area contributed by atoms with Crippen LogP contribution in [0.15, 0.2) is 36.4 Å². The van der Waals surface area contributed by atoms with Gasteiger partial charge in [-0.2, -0.15) is 0 Å². The SMILES string of the molecule is C=C(COc1ccc(OC)cc1)C1(C=O)CCCCC1=O. The van der Waals surface area contributed by atoms with Crippen LogP contribution in [0.4, 0.5) is 0 Å². The molecule has 0 radical (unpaired) electrons. The lowest BCUT2D eigenvalue weighted by molar-refractivity contribution is -0.134. The molecule has 0 aliphatic heterocycles. The van der Waals surface area contributed by atoms with Gasteiger partial charge >= 0.3 is 0 Å². The largest absolute Gasteiger partial charge is 0.497 e. The van der Waals surface area contributed by atoms with Crippen molar-refractivity contribution in [1.82, 2.24) is 0 Å². The van der Waals surface area contributed by atoms with Crippen LogP contribution < -0.4 is 9.47 Å². The first-order valence-electron chi connectivity index (χ1n) is 7.07. The highest BCUT2D eigenvalue weighted by Gasteiger charge is 2.42. The summed E-state index contributed by atoms with van der Waals surface area (Å²) in [4.78, 5) is 23.6. The molecule has 0 heterocycles. The predicted molar refractivity (Wildman–Crippen MR) is 79.6 cm³/mol. The summed E-state index contributed by atoms with van der Waals surface area (Å²) < 4.78 is 10.7. The molecule has 0 aromatic heterocycles. The normalized spacial score (nSPS) is 21.7. The van der Waals surface area contributed by atoms with E-state index in [4.69, 9.17) is 9.47 Å². The van der Waals surface area contributed by atoms with Gasteiger partial charge in [0.05, 0.1) is 7.11 Å². The summed E-state index contributed by atoms with van der Waals surface area (Å²) >= 11 is 0. The summed E-state index contributed by atoms with van der Waals surface area (Å²) in [5.74, 6) is 1.36. The number of ketones is 1. The lowest BCUT2D eigenvalue weighted by Gasteiger charge is -2.32. The van der Waals surface area contributed by atoms with Crippen molar-refractivity contribution in [2.24, 2.45) is 5.41 Å². The summed E-state index contributed by atoms with van der Waals surface area (Å²) in [6.45, 7) is 4.08. The number of carbonyl (C=O) groups excluding carboxylic acids is 2. The van der Waals surface area contributed by atoms with Crippen LogP contribution in [0.3, 0.4) is 0 Å². The first kappa shape index (κ1) is 15.3. The molecule has 4 heteroatoms. The molecular formula is C17H20O4. The first-order chi connectivity index (χ1) is 10.1. The van der Waals surface area contributed by atoms with E-state index in [1.807, 2.05) is 0 Å². The highest BCUT2D eigenvalue weighted by molar-refractivity contribution is 6.02. The Hall–Kier alpha value is -2.10.